The van der Waals surface area contributed by atoms with E-state index in [1.807, 2.05) is 30.3 Å². The van der Waals surface area contributed by atoms with Gasteiger partial charge in [0.05, 0.1) is 0 Å². The summed E-state index contributed by atoms with van der Waals surface area (Å²) < 4.78 is 46.5. The van der Waals surface area contributed by atoms with E-state index in [2.05, 4.69) is 27.4 Å². The van der Waals surface area contributed by atoms with E-state index in [0.29, 0.717) is 12.0 Å². The normalized spacial score (nSPS) is 13.4. The molecule has 0 bridgehead atoms. The topological polar surface area (TPSA) is 0 Å². The summed E-state index contributed by atoms with van der Waals surface area (Å²) >= 11 is -3.67. The second kappa shape index (κ2) is 12.8. The molecule has 28 heavy (non-hydrogen) atoms. The van der Waals surface area contributed by atoms with Gasteiger partial charge in [0.2, 0.25) is 0 Å². The molecule has 0 amide bonds. The van der Waals surface area contributed by atoms with Gasteiger partial charge in [0.15, 0.2) is 0 Å². The summed E-state index contributed by atoms with van der Waals surface area (Å²) in [5.41, 5.74) is 1.22. The summed E-state index contributed by atoms with van der Waals surface area (Å²) in [6.07, 6.45) is 3.32. The van der Waals surface area contributed by atoms with Gasteiger partial charge in [-0.2, -0.15) is 0 Å². The Morgan fingerprint density at radius 3 is 1.71 bits per heavy atom. The SMILES string of the molecule is C=CC/C(=[C](/C(F)(F)F)[Sn]([CH2]CCC)([CH2]CCC)[CH2]CCC)c1ccccc1. The van der Waals surface area contributed by atoms with Crippen molar-refractivity contribution < 1.29 is 13.2 Å². The first kappa shape index (κ1) is 25.3. The van der Waals surface area contributed by atoms with E-state index >= 15 is 0 Å². The first-order valence-electron chi connectivity index (χ1n) is 10.8. The number of benzene rings is 1. The number of unbranched alkanes of at least 4 members (excludes halogenated alkanes) is 3. The number of alkyl halides is 3. The molecule has 0 aromatic heterocycles. The Morgan fingerprint density at radius 2 is 1.36 bits per heavy atom. The van der Waals surface area contributed by atoms with E-state index in [1.165, 1.54) is 0 Å². The zero-order valence-corrected chi connectivity index (χ0v) is 20.7. The van der Waals surface area contributed by atoms with Crippen LogP contribution in [0.5, 0.6) is 0 Å². The van der Waals surface area contributed by atoms with E-state index in [-0.39, 0.29) is 3.59 Å². The number of rotatable bonds is 13. The summed E-state index contributed by atoms with van der Waals surface area (Å²) in [6, 6.07) is 9.22. The van der Waals surface area contributed by atoms with Gasteiger partial charge in [0.25, 0.3) is 0 Å². The van der Waals surface area contributed by atoms with Crippen LogP contribution >= 0.6 is 0 Å². The molecule has 4 heteroatoms. The third kappa shape index (κ3) is 7.27. The van der Waals surface area contributed by atoms with Crippen molar-refractivity contribution in [1.82, 2.24) is 0 Å². The van der Waals surface area contributed by atoms with Crippen LogP contribution in [-0.4, -0.2) is 24.6 Å². The van der Waals surface area contributed by atoms with Gasteiger partial charge >= 0.3 is 174 Å². The van der Waals surface area contributed by atoms with Crippen LogP contribution in [0.25, 0.3) is 5.57 Å². The fraction of sp³-hybridized carbons (Fsp3) is 0.583. The van der Waals surface area contributed by atoms with E-state index in [1.54, 1.807) is 6.08 Å². The second-order valence-electron chi connectivity index (χ2n) is 7.80. The zero-order valence-electron chi connectivity index (χ0n) is 17.9. The van der Waals surface area contributed by atoms with Crippen LogP contribution in [0, 0.1) is 0 Å². The van der Waals surface area contributed by atoms with Gasteiger partial charge in [-0.15, -0.1) is 0 Å². The van der Waals surface area contributed by atoms with Gasteiger partial charge in [-0.1, -0.05) is 0 Å². The molecule has 0 spiro atoms. The van der Waals surface area contributed by atoms with Gasteiger partial charge in [0.1, 0.15) is 0 Å². The molecule has 0 fully saturated rings. The summed E-state index contributed by atoms with van der Waals surface area (Å²) in [5.74, 6) is 0. The summed E-state index contributed by atoms with van der Waals surface area (Å²) in [7, 11) is 0. The van der Waals surface area contributed by atoms with Crippen LogP contribution in [-0.2, 0) is 0 Å². The van der Waals surface area contributed by atoms with Crippen molar-refractivity contribution >= 4 is 24.0 Å². The third-order valence-corrected chi connectivity index (χ3v) is 21.5. The van der Waals surface area contributed by atoms with Crippen LogP contribution < -0.4 is 0 Å². The second-order valence-corrected chi connectivity index (χ2v) is 20.8. The number of halogens is 3. The van der Waals surface area contributed by atoms with E-state index in [9.17, 15) is 13.2 Å². The quantitative estimate of drug-likeness (QED) is 0.187. The van der Waals surface area contributed by atoms with Crippen molar-refractivity contribution in [3.63, 3.8) is 0 Å². The molecule has 0 saturated carbocycles. The predicted octanol–water partition coefficient (Wildman–Crippen LogP) is 8.97. The van der Waals surface area contributed by atoms with Crippen molar-refractivity contribution in [2.75, 3.05) is 0 Å². The molecule has 1 rings (SSSR count). The molecular formula is C24H37F3Sn. The van der Waals surface area contributed by atoms with E-state index in [4.69, 9.17) is 0 Å². The van der Waals surface area contributed by atoms with Crippen molar-refractivity contribution in [1.29, 1.82) is 0 Å². The third-order valence-electron chi connectivity index (χ3n) is 5.61. The Labute approximate surface area is 174 Å². The van der Waals surface area contributed by atoms with Crippen LogP contribution in [0.4, 0.5) is 13.2 Å². The molecular weight excluding hydrogens is 464 g/mol. The summed E-state index contributed by atoms with van der Waals surface area (Å²) in [4.78, 5) is 0. The molecule has 0 aliphatic carbocycles. The van der Waals surface area contributed by atoms with Gasteiger partial charge < -0.3 is 0 Å². The molecule has 0 aliphatic heterocycles. The molecule has 0 aliphatic rings. The maximum atomic E-state index is 14.7. The number of hydrogen-bond donors (Lipinski definition) is 0. The van der Waals surface area contributed by atoms with Crippen molar-refractivity contribution in [2.45, 2.75) is 85.2 Å². The Balaban J connectivity index is 3.76. The molecule has 158 valence electrons. The van der Waals surface area contributed by atoms with Gasteiger partial charge in [-0.25, -0.2) is 0 Å². The summed E-state index contributed by atoms with van der Waals surface area (Å²) in [5, 5.41) is 0. The van der Waals surface area contributed by atoms with Crippen LogP contribution in [0.1, 0.15) is 71.3 Å². The van der Waals surface area contributed by atoms with E-state index < -0.39 is 24.6 Å². The zero-order chi connectivity index (χ0) is 21.0. The Bertz CT molecular complexity index is 580. The van der Waals surface area contributed by atoms with Gasteiger partial charge in [0, 0.05) is 0 Å². The average Bonchev–Trinajstić information content (AvgIpc) is 2.68. The van der Waals surface area contributed by atoms with Crippen molar-refractivity contribution in [3.8, 4) is 0 Å². The van der Waals surface area contributed by atoms with Gasteiger partial charge in [-0.3, -0.25) is 0 Å². The van der Waals surface area contributed by atoms with Crippen LogP contribution in [0.15, 0.2) is 46.6 Å². The monoisotopic (exact) mass is 502 g/mol. The first-order valence-corrected chi connectivity index (χ1v) is 18.3. The predicted molar refractivity (Wildman–Crippen MR) is 119 cm³/mol. The Kier molecular flexibility index (Phi) is 11.5. The van der Waals surface area contributed by atoms with Crippen LogP contribution in [0.3, 0.4) is 0 Å². The molecule has 0 heterocycles. The van der Waals surface area contributed by atoms with Crippen molar-refractivity contribution in [3.05, 3.63) is 52.1 Å². The minimum atomic E-state index is -4.25. The molecule has 0 nitrogen and oxygen atoms in total. The van der Waals surface area contributed by atoms with Gasteiger partial charge in [-0.05, 0) is 0 Å². The standard InChI is InChI=1S/C12H10F3.3C4H9.Sn/c1-2-6-11(9-12(13,14)15)10-7-4-3-5-8-10;3*1-3-4-2;/h2-5,7-8H,1,6H2;3*1,3-4H2,2H3;. The molecule has 0 radical (unpaired) electrons. The Hall–Kier alpha value is -0.711. The molecule has 0 unspecified atom stereocenters. The molecule has 0 saturated heterocycles. The van der Waals surface area contributed by atoms with E-state index in [0.717, 1.165) is 57.4 Å². The fourth-order valence-corrected chi connectivity index (χ4v) is 21.6. The molecule has 1 aromatic rings. The Morgan fingerprint density at radius 1 is 0.893 bits per heavy atom. The fourth-order valence-electron chi connectivity index (χ4n) is 4.24. The number of allylic oxidation sites excluding steroid dienone is 3. The maximum absolute atomic E-state index is 14.7. The summed E-state index contributed by atoms with van der Waals surface area (Å²) in [6.45, 7) is 10.1. The minimum absolute atomic E-state index is 0.0803. The molecule has 0 N–H and O–H groups in total. The molecule has 1 aromatic carbocycles. The molecule has 0 atom stereocenters. The van der Waals surface area contributed by atoms with Crippen molar-refractivity contribution in [2.24, 2.45) is 0 Å². The number of hydrogen-bond acceptors (Lipinski definition) is 0. The first-order chi connectivity index (χ1) is 13.4. The van der Waals surface area contributed by atoms with Crippen LogP contribution in [0.2, 0.25) is 13.3 Å². The average molecular weight is 501 g/mol.